The van der Waals surface area contributed by atoms with E-state index < -0.39 is 95.1 Å². The highest BCUT2D eigenvalue weighted by molar-refractivity contribution is 5.90. The Hall–Kier alpha value is -4.85. The topological polar surface area (TPSA) is 128 Å². The molecular formula is C32H37F9N8O4. The third kappa shape index (κ3) is 10.4. The molecule has 292 valence electrons. The fraction of sp³-hybridized carbons (Fsp3) is 0.562. The van der Waals surface area contributed by atoms with E-state index >= 15 is 0 Å². The van der Waals surface area contributed by atoms with Gasteiger partial charge in [0, 0.05) is 19.1 Å². The first-order valence-electron chi connectivity index (χ1n) is 16.2. The number of ether oxygens (including phenoxy) is 2. The zero-order valence-electron chi connectivity index (χ0n) is 29.3. The number of tetrazole rings is 1. The average molecular weight is 769 g/mol. The van der Waals surface area contributed by atoms with E-state index in [1.165, 1.54) is 0 Å². The van der Waals surface area contributed by atoms with Crippen LogP contribution < -0.4 is 15.1 Å². The molecule has 4 rings (SSSR count). The van der Waals surface area contributed by atoms with Gasteiger partial charge in [0.2, 0.25) is 0 Å². The second kappa shape index (κ2) is 15.2. The highest BCUT2D eigenvalue weighted by Gasteiger charge is 2.44. The molecule has 0 saturated carbocycles. The Morgan fingerprint density at radius 1 is 0.962 bits per heavy atom. The van der Waals surface area contributed by atoms with Crippen molar-refractivity contribution < 1.29 is 58.6 Å². The van der Waals surface area contributed by atoms with Crippen LogP contribution in [0.5, 0.6) is 0 Å². The fourth-order valence-corrected chi connectivity index (χ4v) is 5.52. The number of nitrogens with zero attached hydrogens (tertiary/aromatic N) is 7. The molecule has 0 unspecified atom stereocenters. The number of anilines is 2. The van der Waals surface area contributed by atoms with Gasteiger partial charge in [0.1, 0.15) is 11.3 Å². The molecule has 0 fully saturated rings. The lowest BCUT2D eigenvalue weighted by Gasteiger charge is -2.43. The first kappa shape index (κ1) is 40.9. The molecule has 0 radical (unpaired) electrons. The van der Waals surface area contributed by atoms with Crippen molar-refractivity contribution in [1.29, 1.82) is 0 Å². The number of alkyl carbamates (subject to hydrolysis) is 1. The largest absolute Gasteiger partial charge is 0.446 e. The minimum Gasteiger partial charge on any atom is -0.446 e. The van der Waals surface area contributed by atoms with E-state index in [0.29, 0.717) is 18.2 Å². The van der Waals surface area contributed by atoms with Gasteiger partial charge in [-0.1, -0.05) is 12.0 Å². The van der Waals surface area contributed by atoms with Gasteiger partial charge in [-0.05, 0) is 88.6 Å². The van der Waals surface area contributed by atoms with E-state index in [1.54, 1.807) is 41.5 Å². The smallest absolute Gasteiger partial charge is 0.433 e. The molecule has 0 spiro atoms. The van der Waals surface area contributed by atoms with Gasteiger partial charge in [-0.25, -0.2) is 14.6 Å². The Bertz CT molecular complexity index is 1740. The van der Waals surface area contributed by atoms with Crippen LogP contribution in [0.25, 0.3) is 0 Å². The van der Waals surface area contributed by atoms with Gasteiger partial charge >= 0.3 is 30.7 Å². The summed E-state index contributed by atoms with van der Waals surface area (Å²) < 4.78 is 136. The molecule has 1 aromatic carbocycles. The Morgan fingerprint density at radius 2 is 1.58 bits per heavy atom. The van der Waals surface area contributed by atoms with E-state index in [-0.39, 0.29) is 37.7 Å². The van der Waals surface area contributed by atoms with E-state index in [2.05, 4.69) is 25.7 Å². The number of amides is 2. The normalized spacial score (nSPS) is 16.7. The van der Waals surface area contributed by atoms with Crippen molar-refractivity contribution in [3.05, 3.63) is 58.4 Å². The van der Waals surface area contributed by atoms with Crippen LogP contribution in [-0.2, 0) is 41.1 Å². The molecule has 0 saturated heterocycles. The van der Waals surface area contributed by atoms with Crippen LogP contribution in [0, 0.1) is 0 Å². The van der Waals surface area contributed by atoms with E-state index in [1.807, 2.05) is 0 Å². The molecule has 3 aromatic rings. The van der Waals surface area contributed by atoms with Gasteiger partial charge < -0.3 is 19.7 Å². The second-order valence-corrected chi connectivity index (χ2v) is 13.4. The maximum Gasteiger partial charge on any atom is 0.433 e. The number of nitrogens with one attached hydrogen (secondary N) is 1. The summed E-state index contributed by atoms with van der Waals surface area (Å²) in [5.74, 6) is -0.406. The van der Waals surface area contributed by atoms with Crippen molar-refractivity contribution >= 4 is 23.8 Å². The van der Waals surface area contributed by atoms with Crippen LogP contribution >= 0.6 is 0 Å². The van der Waals surface area contributed by atoms with Crippen LogP contribution in [0.3, 0.4) is 0 Å². The zero-order chi connectivity index (χ0) is 39.7. The number of fused-ring (bicyclic) bond motifs is 1. The van der Waals surface area contributed by atoms with Crippen molar-refractivity contribution in [2.24, 2.45) is 0 Å². The molecule has 1 aliphatic heterocycles. The zero-order valence-corrected chi connectivity index (χ0v) is 29.3. The standard InChI is InChI=1S/C32H37F9N8O4/c1-7-21-15-23(25-22(49(21)28(51)52-17(2)3)8-9-24(43-25)32(39,40)41)47(16-18-12-19(30(33,34)35)14-20(13-18)31(36,37)38)26-44-46-48(45-26)11-10-42-27(50)53-29(4,5)6/h8-9,12-14,17,21,23H,7,10-11,15-16H2,1-6H3,(H,42,50)/t21-,23+/m0/s1. The summed E-state index contributed by atoms with van der Waals surface area (Å²) in [7, 11) is 0. The predicted octanol–water partition coefficient (Wildman–Crippen LogP) is 7.93. The lowest BCUT2D eigenvalue weighted by Crippen LogP contribution is -2.49. The first-order chi connectivity index (χ1) is 24.4. The number of benzene rings is 1. The van der Waals surface area contributed by atoms with Crippen molar-refractivity contribution in [1.82, 2.24) is 30.5 Å². The quantitative estimate of drug-likeness (QED) is 0.216. The summed E-state index contributed by atoms with van der Waals surface area (Å²) in [5, 5.41) is 14.5. The Balaban J connectivity index is 1.87. The van der Waals surface area contributed by atoms with Gasteiger partial charge in [-0.3, -0.25) is 4.90 Å². The summed E-state index contributed by atoms with van der Waals surface area (Å²) in [5.41, 5.74) is -6.51. The van der Waals surface area contributed by atoms with Gasteiger partial charge in [-0.15, -0.1) is 5.10 Å². The Kier molecular flexibility index (Phi) is 11.8. The van der Waals surface area contributed by atoms with Crippen molar-refractivity contribution in [3.8, 4) is 0 Å². The van der Waals surface area contributed by atoms with Crippen molar-refractivity contribution in [2.45, 2.75) is 110 Å². The van der Waals surface area contributed by atoms with E-state index in [9.17, 15) is 49.1 Å². The van der Waals surface area contributed by atoms with E-state index in [0.717, 1.165) is 20.7 Å². The van der Waals surface area contributed by atoms with Crippen LogP contribution in [0.4, 0.5) is 60.7 Å². The summed E-state index contributed by atoms with van der Waals surface area (Å²) >= 11 is 0. The third-order valence-electron chi connectivity index (χ3n) is 7.69. The average Bonchev–Trinajstić information content (AvgIpc) is 3.48. The lowest BCUT2D eigenvalue weighted by molar-refractivity contribution is -0.143. The SMILES string of the molecule is CC[C@H]1C[C@@H](N(Cc2cc(C(F)(F)F)cc(C(F)(F)F)c2)c2nnn(CCNC(=O)OC(C)(C)C)n2)c2nc(C(F)(F)F)ccc2N1C(=O)OC(C)C. The number of carbonyl (C=O) groups excluding carboxylic acids is 2. The summed E-state index contributed by atoms with van der Waals surface area (Å²) in [6.07, 6.45) is -17.7. The monoisotopic (exact) mass is 768 g/mol. The number of rotatable bonds is 9. The van der Waals surface area contributed by atoms with Gasteiger partial charge in [0.25, 0.3) is 5.95 Å². The molecule has 2 aromatic heterocycles. The molecular weight excluding hydrogens is 731 g/mol. The fourth-order valence-electron chi connectivity index (χ4n) is 5.52. The number of hydrogen-bond acceptors (Lipinski definition) is 9. The molecule has 0 bridgehead atoms. The minimum absolute atomic E-state index is 0.0571. The third-order valence-corrected chi connectivity index (χ3v) is 7.69. The highest BCUT2D eigenvalue weighted by atomic mass is 19.4. The number of alkyl halides is 9. The van der Waals surface area contributed by atoms with Crippen LogP contribution in [-0.4, -0.2) is 61.7 Å². The molecule has 21 heteroatoms. The number of hydrogen-bond donors (Lipinski definition) is 1. The predicted molar refractivity (Wildman–Crippen MR) is 169 cm³/mol. The van der Waals surface area contributed by atoms with Crippen LogP contribution in [0.2, 0.25) is 0 Å². The number of halogens is 9. The number of aromatic nitrogens is 5. The van der Waals surface area contributed by atoms with Gasteiger partial charge in [0.15, 0.2) is 0 Å². The maximum atomic E-state index is 14.0. The summed E-state index contributed by atoms with van der Waals surface area (Å²) in [6.45, 7) is 8.64. The summed E-state index contributed by atoms with van der Waals surface area (Å²) in [6, 6.07) is 0.371. The number of pyridine rings is 1. The summed E-state index contributed by atoms with van der Waals surface area (Å²) in [4.78, 5) is 32.4. The lowest BCUT2D eigenvalue weighted by atomic mass is 9.91. The molecule has 3 heterocycles. The van der Waals surface area contributed by atoms with Crippen molar-refractivity contribution in [2.75, 3.05) is 16.3 Å². The molecule has 2 amide bonds. The maximum absolute atomic E-state index is 14.0. The Labute approximate surface area is 297 Å². The molecule has 0 aliphatic carbocycles. The van der Waals surface area contributed by atoms with Gasteiger partial charge in [0.05, 0.1) is 41.2 Å². The first-order valence-corrected chi connectivity index (χ1v) is 16.2. The highest BCUT2D eigenvalue weighted by Crippen LogP contribution is 2.45. The molecule has 53 heavy (non-hydrogen) atoms. The molecule has 1 N–H and O–H groups in total. The van der Waals surface area contributed by atoms with Crippen LogP contribution in [0.15, 0.2) is 30.3 Å². The minimum atomic E-state index is -5.20. The molecule has 1 aliphatic rings. The van der Waals surface area contributed by atoms with E-state index in [4.69, 9.17) is 9.47 Å². The molecule has 12 nitrogen and oxygen atoms in total. The molecule has 2 atom stereocenters. The van der Waals surface area contributed by atoms with Crippen LogP contribution in [0.1, 0.15) is 88.5 Å². The van der Waals surface area contributed by atoms with Crippen molar-refractivity contribution in [3.63, 3.8) is 0 Å². The number of carbonyl (C=O) groups is 2. The Morgan fingerprint density at radius 3 is 2.11 bits per heavy atom. The van der Waals surface area contributed by atoms with Gasteiger partial charge in [-0.2, -0.15) is 44.3 Å². The second-order valence-electron chi connectivity index (χ2n) is 13.4.